The Labute approximate surface area is 83.4 Å². The highest BCUT2D eigenvalue weighted by molar-refractivity contribution is 7.10. The quantitative estimate of drug-likeness (QED) is 0.778. The van der Waals surface area contributed by atoms with Crippen molar-refractivity contribution in [1.29, 1.82) is 0 Å². The van der Waals surface area contributed by atoms with E-state index in [1.807, 2.05) is 11.3 Å². The van der Waals surface area contributed by atoms with Gasteiger partial charge in [-0.25, -0.2) is 0 Å². The summed E-state index contributed by atoms with van der Waals surface area (Å²) in [6, 6.07) is 2.59. The zero-order valence-corrected chi connectivity index (χ0v) is 8.81. The van der Waals surface area contributed by atoms with Crippen molar-refractivity contribution in [3.63, 3.8) is 0 Å². The highest BCUT2D eigenvalue weighted by Crippen LogP contribution is 2.19. The van der Waals surface area contributed by atoms with Crippen LogP contribution in [0.15, 0.2) is 11.4 Å². The molecular weight excluding hydrogens is 180 g/mol. The van der Waals surface area contributed by atoms with Crippen LogP contribution in [0, 0.1) is 6.92 Å². The van der Waals surface area contributed by atoms with E-state index in [0.717, 1.165) is 19.5 Å². The zero-order valence-electron chi connectivity index (χ0n) is 7.99. The zero-order chi connectivity index (χ0) is 9.26. The van der Waals surface area contributed by atoms with Crippen molar-refractivity contribution < 1.29 is 0 Å². The van der Waals surface area contributed by atoms with Gasteiger partial charge in [0, 0.05) is 30.6 Å². The van der Waals surface area contributed by atoms with Gasteiger partial charge in [0.2, 0.25) is 0 Å². The fourth-order valence-electron chi connectivity index (χ4n) is 1.78. The Balaban J connectivity index is 1.95. The molecule has 0 aliphatic carbocycles. The molecule has 13 heavy (non-hydrogen) atoms. The molecule has 1 aromatic heterocycles. The van der Waals surface area contributed by atoms with E-state index in [1.54, 1.807) is 0 Å². The van der Waals surface area contributed by atoms with Gasteiger partial charge in [-0.05, 0) is 30.4 Å². The monoisotopic (exact) mass is 196 g/mol. The number of nitrogens with two attached hydrogens (primary N) is 1. The number of thiophene rings is 1. The summed E-state index contributed by atoms with van der Waals surface area (Å²) >= 11 is 1.86. The maximum atomic E-state index is 5.85. The average Bonchev–Trinajstić information content (AvgIpc) is 2.64. The number of likely N-dealkylation sites (tertiary alicyclic amines) is 1. The summed E-state index contributed by atoms with van der Waals surface area (Å²) in [5, 5.41) is 2.17. The van der Waals surface area contributed by atoms with Crippen LogP contribution in [0.2, 0.25) is 0 Å². The van der Waals surface area contributed by atoms with Gasteiger partial charge in [0.15, 0.2) is 0 Å². The van der Waals surface area contributed by atoms with Crippen molar-refractivity contribution in [2.45, 2.75) is 25.9 Å². The second-order valence-electron chi connectivity index (χ2n) is 3.81. The summed E-state index contributed by atoms with van der Waals surface area (Å²) in [4.78, 5) is 3.94. The second kappa shape index (κ2) is 3.78. The third-order valence-electron chi connectivity index (χ3n) is 2.64. The number of nitrogens with zero attached hydrogens (tertiary/aromatic N) is 1. The van der Waals surface area contributed by atoms with Gasteiger partial charge in [-0.3, -0.25) is 4.90 Å². The van der Waals surface area contributed by atoms with Crippen molar-refractivity contribution in [3.8, 4) is 0 Å². The highest BCUT2D eigenvalue weighted by Gasteiger charge is 2.19. The van der Waals surface area contributed by atoms with E-state index >= 15 is 0 Å². The maximum Gasteiger partial charge on any atom is 0.0331 e. The van der Waals surface area contributed by atoms with Crippen molar-refractivity contribution in [2.75, 3.05) is 13.1 Å². The molecule has 1 atom stereocenters. The van der Waals surface area contributed by atoms with Gasteiger partial charge < -0.3 is 5.73 Å². The minimum absolute atomic E-state index is 0.403. The van der Waals surface area contributed by atoms with Gasteiger partial charge in [-0.1, -0.05) is 0 Å². The fourth-order valence-corrected chi connectivity index (χ4v) is 2.72. The van der Waals surface area contributed by atoms with Gasteiger partial charge in [0.1, 0.15) is 0 Å². The maximum absolute atomic E-state index is 5.85. The second-order valence-corrected chi connectivity index (χ2v) is 4.81. The van der Waals surface area contributed by atoms with E-state index in [4.69, 9.17) is 5.73 Å². The van der Waals surface area contributed by atoms with Crippen LogP contribution in [0.5, 0.6) is 0 Å². The first-order valence-corrected chi connectivity index (χ1v) is 5.64. The lowest BCUT2D eigenvalue weighted by Gasteiger charge is -2.14. The van der Waals surface area contributed by atoms with Crippen LogP contribution in [0.1, 0.15) is 16.9 Å². The topological polar surface area (TPSA) is 29.3 Å². The molecule has 0 aromatic carbocycles. The third kappa shape index (κ3) is 2.10. The Morgan fingerprint density at radius 2 is 2.54 bits per heavy atom. The molecule has 1 aliphatic heterocycles. The van der Waals surface area contributed by atoms with E-state index in [2.05, 4.69) is 23.3 Å². The van der Waals surface area contributed by atoms with Crippen molar-refractivity contribution in [3.05, 3.63) is 21.9 Å². The average molecular weight is 196 g/mol. The molecule has 0 unspecified atom stereocenters. The summed E-state index contributed by atoms with van der Waals surface area (Å²) in [6.45, 7) is 5.51. The Morgan fingerprint density at radius 3 is 3.08 bits per heavy atom. The number of hydrogen-bond acceptors (Lipinski definition) is 3. The van der Waals surface area contributed by atoms with Crippen LogP contribution < -0.4 is 5.73 Å². The van der Waals surface area contributed by atoms with Crippen molar-refractivity contribution in [2.24, 2.45) is 5.73 Å². The van der Waals surface area contributed by atoms with E-state index in [9.17, 15) is 0 Å². The lowest BCUT2D eigenvalue weighted by molar-refractivity contribution is 0.329. The fraction of sp³-hybridized carbons (Fsp3) is 0.600. The standard InChI is InChI=1S/C10H16N2S/c1-8-3-5-13-10(8)7-12-4-2-9(11)6-12/h3,5,9H,2,4,6-7,11H2,1H3/t9-/m1/s1. The first kappa shape index (κ1) is 9.19. The van der Waals surface area contributed by atoms with Crippen molar-refractivity contribution >= 4 is 11.3 Å². The molecule has 0 bridgehead atoms. The molecule has 2 N–H and O–H groups in total. The molecular formula is C10H16N2S. The molecule has 2 nitrogen and oxygen atoms in total. The van der Waals surface area contributed by atoms with Gasteiger partial charge in [-0.15, -0.1) is 11.3 Å². The Bertz CT molecular complexity index is 282. The van der Waals surface area contributed by atoms with E-state index in [0.29, 0.717) is 6.04 Å². The first-order chi connectivity index (χ1) is 6.25. The molecule has 2 rings (SSSR count). The van der Waals surface area contributed by atoms with Crippen LogP contribution in [0.3, 0.4) is 0 Å². The van der Waals surface area contributed by atoms with Gasteiger partial charge in [0.05, 0.1) is 0 Å². The summed E-state index contributed by atoms with van der Waals surface area (Å²) in [6.07, 6.45) is 1.16. The molecule has 0 amide bonds. The van der Waals surface area contributed by atoms with Gasteiger partial charge in [-0.2, -0.15) is 0 Å². The summed E-state index contributed by atoms with van der Waals surface area (Å²) in [5.74, 6) is 0. The predicted molar refractivity (Wildman–Crippen MR) is 56.9 cm³/mol. The third-order valence-corrected chi connectivity index (χ3v) is 3.65. The van der Waals surface area contributed by atoms with Crippen LogP contribution in [-0.2, 0) is 6.54 Å². The Hall–Kier alpha value is -0.380. The van der Waals surface area contributed by atoms with Crippen LogP contribution in [-0.4, -0.2) is 24.0 Å². The highest BCUT2D eigenvalue weighted by atomic mass is 32.1. The lowest BCUT2D eigenvalue weighted by atomic mass is 10.3. The van der Waals surface area contributed by atoms with Gasteiger partial charge >= 0.3 is 0 Å². The molecule has 2 heterocycles. The smallest absolute Gasteiger partial charge is 0.0331 e. The number of hydrogen-bond donors (Lipinski definition) is 1. The Morgan fingerprint density at radius 1 is 1.69 bits per heavy atom. The van der Waals surface area contributed by atoms with E-state index in [-0.39, 0.29) is 0 Å². The Kier molecular flexibility index (Phi) is 2.67. The van der Waals surface area contributed by atoms with Crippen LogP contribution in [0.4, 0.5) is 0 Å². The molecule has 72 valence electrons. The number of aryl methyl sites for hydroxylation is 1. The summed E-state index contributed by atoms with van der Waals surface area (Å²) in [5.41, 5.74) is 7.28. The predicted octanol–water partition coefficient (Wildman–Crippen LogP) is 1.59. The first-order valence-electron chi connectivity index (χ1n) is 4.76. The SMILES string of the molecule is Cc1ccsc1CN1CC[C@@H](N)C1. The molecule has 3 heteroatoms. The number of rotatable bonds is 2. The molecule has 0 saturated carbocycles. The largest absolute Gasteiger partial charge is 0.326 e. The minimum atomic E-state index is 0.403. The van der Waals surface area contributed by atoms with Crippen LogP contribution >= 0.6 is 11.3 Å². The molecule has 0 spiro atoms. The lowest BCUT2D eigenvalue weighted by Crippen LogP contribution is -2.26. The molecule has 1 aliphatic rings. The van der Waals surface area contributed by atoms with Crippen LogP contribution in [0.25, 0.3) is 0 Å². The minimum Gasteiger partial charge on any atom is -0.326 e. The van der Waals surface area contributed by atoms with Gasteiger partial charge in [0.25, 0.3) is 0 Å². The molecule has 0 radical (unpaired) electrons. The van der Waals surface area contributed by atoms with E-state index in [1.165, 1.54) is 17.0 Å². The molecule has 1 aromatic rings. The summed E-state index contributed by atoms with van der Waals surface area (Å²) < 4.78 is 0. The molecule has 1 fully saturated rings. The molecule has 1 saturated heterocycles. The summed E-state index contributed by atoms with van der Waals surface area (Å²) in [7, 11) is 0. The van der Waals surface area contributed by atoms with Crippen molar-refractivity contribution in [1.82, 2.24) is 4.90 Å². The van der Waals surface area contributed by atoms with E-state index < -0.39 is 0 Å². The normalized spacial score (nSPS) is 24.0.